The van der Waals surface area contributed by atoms with Gasteiger partial charge in [0, 0.05) is 51.4 Å². The summed E-state index contributed by atoms with van der Waals surface area (Å²) in [6.45, 7) is 5.06. The van der Waals surface area contributed by atoms with Crippen molar-refractivity contribution in [3.05, 3.63) is 48.2 Å². The summed E-state index contributed by atoms with van der Waals surface area (Å²) in [5, 5.41) is 6.20. The number of hydrogen-bond donors (Lipinski definition) is 2. The van der Waals surface area contributed by atoms with Crippen molar-refractivity contribution < 1.29 is 14.3 Å². The van der Waals surface area contributed by atoms with Gasteiger partial charge < -0.3 is 29.7 Å². The van der Waals surface area contributed by atoms with Crippen LogP contribution in [-0.4, -0.2) is 64.6 Å². The van der Waals surface area contributed by atoms with Crippen molar-refractivity contribution in [3.8, 4) is 5.75 Å². The number of carbonyl (C=O) groups excluding carboxylic acids is 2. The second-order valence-corrected chi connectivity index (χ2v) is 11.3. The first kappa shape index (κ1) is 27.4. The molecule has 1 saturated carbocycles. The fraction of sp³-hybridized carbons (Fsp3) is 0.483. The minimum Gasteiger partial charge on any atom is -0.495 e. The Morgan fingerprint density at radius 2 is 1.95 bits per heavy atom. The molecule has 0 atom stereocenters. The third-order valence-electron chi connectivity index (χ3n) is 7.73. The summed E-state index contributed by atoms with van der Waals surface area (Å²) in [5.74, 6) is 1.51. The number of benzene rings is 1. The fourth-order valence-corrected chi connectivity index (χ4v) is 5.58. The normalized spacial score (nSPS) is 17.0. The van der Waals surface area contributed by atoms with Crippen LogP contribution in [0.15, 0.2) is 36.9 Å². The van der Waals surface area contributed by atoms with Crippen LogP contribution in [0.4, 0.5) is 23.1 Å². The molecule has 0 bridgehead atoms. The van der Waals surface area contributed by atoms with Crippen LogP contribution in [0.5, 0.6) is 5.75 Å². The molecule has 0 radical (unpaired) electrons. The lowest BCUT2D eigenvalue weighted by Crippen LogP contribution is -2.45. The molecule has 2 aromatic heterocycles. The molecule has 1 aliphatic heterocycles. The molecule has 1 aliphatic carbocycles. The lowest BCUT2D eigenvalue weighted by Gasteiger charge is -2.34. The van der Waals surface area contributed by atoms with Crippen molar-refractivity contribution in [1.82, 2.24) is 24.8 Å². The highest BCUT2D eigenvalue weighted by Gasteiger charge is 2.41. The van der Waals surface area contributed by atoms with E-state index in [2.05, 4.69) is 25.5 Å². The van der Waals surface area contributed by atoms with Crippen molar-refractivity contribution in [2.45, 2.75) is 52.0 Å². The maximum Gasteiger partial charge on any atom is 0.251 e. The zero-order valence-corrected chi connectivity index (χ0v) is 23.9. The average molecular weight is 547 g/mol. The molecular formula is C29H38N8O3. The van der Waals surface area contributed by atoms with Gasteiger partial charge >= 0.3 is 0 Å². The number of aromatic nitrogens is 4. The van der Waals surface area contributed by atoms with Gasteiger partial charge in [-0.05, 0) is 44.9 Å². The Morgan fingerprint density at radius 1 is 1.18 bits per heavy atom. The van der Waals surface area contributed by atoms with Crippen LogP contribution < -0.4 is 25.2 Å². The number of fused-ring (bicyclic) bond motifs is 1. The molecule has 212 valence electrons. The van der Waals surface area contributed by atoms with E-state index in [1.165, 1.54) is 12.8 Å². The summed E-state index contributed by atoms with van der Waals surface area (Å²) in [6.07, 6.45) is 10.6. The van der Waals surface area contributed by atoms with Gasteiger partial charge in [0.25, 0.3) is 5.91 Å². The maximum absolute atomic E-state index is 13.3. The van der Waals surface area contributed by atoms with Gasteiger partial charge in [-0.15, -0.1) is 0 Å². The van der Waals surface area contributed by atoms with Gasteiger partial charge in [-0.2, -0.15) is 4.98 Å². The SMILES string of the molecule is COc1cc(C(=O)NCCc2cn(C)cn2)ccc1Nc1ncc2c(n1)N(C1CCCC1)CC(C)(C)C(=O)N2C. The summed E-state index contributed by atoms with van der Waals surface area (Å²) < 4.78 is 7.49. The first-order chi connectivity index (χ1) is 19.2. The quantitative estimate of drug-likeness (QED) is 0.439. The van der Waals surface area contributed by atoms with E-state index in [9.17, 15) is 9.59 Å². The fourth-order valence-electron chi connectivity index (χ4n) is 5.58. The van der Waals surface area contributed by atoms with Crippen LogP contribution >= 0.6 is 0 Å². The molecule has 0 saturated heterocycles. The van der Waals surface area contributed by atoms with E-state index in [-0.39, 0.29) is 11.8 Å². The standard InChI is InChI=1S/C29H38N8O3/c1-29(2)17-37(21-8-6-7-9-21)25-23(36(4)27(29)39)15-31-28(34-25)33-22-11-10-19(14-24(22)40-5)26(38)30-13-12-20-16-35(3)18-32-20/h10-11,14-16,18,21H,6-9,12-13,17H2,1-5H3,(H,30,38)(H,31,33,34). The van der Waals surface area contributed by atoms with Crippen molar-refractivity contribution in [2.24, 2.45) is 12.5 Å². The molecule has 2 aliphatic rings. The Labute approximate surface area is 235 Å². The number of anilines is 4. The van der Waals surface area contributed by atoms with E-state index < -0.39 is 5.41 Å². The minimum absolute atomic E-state index is 0.0501. The Balaban J connectivity index is 1.35. The zero-order valence-electron chi connectivity index (χ0n) is 23.9. The second-order valence-electron chi connectivity index (χ2n) is 11.3. The number of ether oxygens (including phenoxy) is 1. The number of nitrogens with zero attached hydrogens (tertiary/aromatic N) is 6. The van der Waals surface area contributed by atoms with Crippen molar-refractivity contribution in [2.75, 3.05) is 42.4 Å². The van der Waals surface area contributed by atoms with E-state index in [0.717, 1.165) is 24.4 Å². The predicted molar refractivity (Wildman–Crippen MR) is 154 cm³/mol. The summed E-state index contributed by atoms with van der Waals surface area (Å²) in [5.41, 5.74) is 2.20. The number of methoxy groups -OCH3 is 1. The molecule has 0 spiro atoms. The highest BCUT2D eigenvalue weighted by molar-refractivity contribution is 6.01. The largest absolute Gasteiger partial charge is 0.495 e. The number of amides is 2. The zero-order chi connectivity index (χ0) is 28.4. The van der Waals surface area contributed by atoms with Gasteiger partial charge in [-0.25, -0.2) is 9.97 Å². The number of rotatable bonds is 8. The van der Waals surface area contributed by atoms with Crippen LogP contribution in [0, 0.1) is 5.41 Å². The van der Waals surface area contributed by atoms with Crippen molar-refractivity contribution >= 4 is 35.0 Å². The molecule has 0 unspecified atom stereocenters. The molecule has 1 aromatic carbocycles. The van der Waals surface area contributed by atoms with Crippen LogP contribution in [0.2, 0.25) is 0 Å². The maximum atomic E-state index is 13.3. The predicted octanol–water partition coefficient (Wildman–Crippen LogP) is 3.69. The topological polar surface area (TPSA) is 118 Å². The monoisotopic (exact) mass is 546 g/mol. The second kappa shape index (κ2) is 11.1. The number of hydrogen-bond acceptors (Lipinski definition) is 8. The van der Waals surface area contributed by atoms with Crippen molar-refractivity contribution in [3.63, 3.8) is 0 Å². The molecule has 2 amide bonds. The summed E-state index contributed by atoms with van der Waals surface area (Å²) in [4.78, 5) is 43.7. The van der Waals surface area contributed by atoms with Gasteiger partial charge in [0.1, 0.15) is 11.4 Å². The van der Waals surface area contributed by atoms with Gasteiger partial charge in [0.15, 0.2) is 5.82 Å². The van der Waals surface area contributed by atoms with Gasteiger partial charge in [0.2, 0.25) is 11.9 Å². The summed E-state index contributed by atoms with van der Waals surface area (Å²) in [6, 6.07) is 5.56. The Kier molecular flexibility index (Phi) is 7.64. The summed E-state index contributed by atoms with van der Waals surface area (Å²) >= 11 is 0. The number of imidazole rings is 1. The summed E-state index contributed by atoms with van der Waals surface area (Å²) in [7, 11) is 5.27. The molecule has 1 fully saturated rings. The lowest BCUT2D eigenvalue weighted by molar-refractivity contribution is -0.125. The van der Waals surface area contributed by atoms with Crippen LogP contribution in [-0.2, 0) is 18.3 Å². The Morgan fingerprint density at radius 3 is 2.65 bits per heavy atom. The van der Waals surface area contributed by atoms with E-state index >= 15 is 0 Å². The van der Waals surface area contributed by atoms with E-state index in [1.54, 1.807) is 49.8 Å². The van der Waals surface area contributed by atoms with Crippen LogP contribution in [0.25, 0.3) is 0 Å². The van der Waals surface area contributed by atoms with Crippen LogP contribution in [0.3, 0.4) is 0 Å². The Hall–Kier alpha value is -4.15. The van der Waals surface area contributed by atoms with Gasteiger partial charge in [-0.1, -0.05) is 12.8 Å². The first-order valence-corrected chi connectivity index (χ1v) is 13.8. The third kappa shape index (κ3) is 5.59. The molecule has 11 nitrogen and oxygen atoms in total. The molecule has 5 rings (SSSR count). The molecule has 3 aromatic rings. The molecule has 3 heterocycles. The molecule has 40 heavy (non-hydrogen) atoms. The highest BCUT2D eigenvalue weighted by Crippen LogP contribution is 2.40. The smallest absolute Gasteiger partial charge is 0.251 e. The number of nitrogens with one attached hydrogen (secondary N) is 2. The first-order valence-electron chi connectivity index (χ1n) is 13.8. The Bertz CT molecular complexity index is 1400. The number of aryl methyl sites for hydroxylation is 1. The average Bonchev–Trinajstić information content (AvgIpc) is 3.61. The van der Waals surface area contributed by atoms with Crippen molar-refractivity contribution in [1.29, 1.82) is 0 Å². The molecule has 2 N–H and O–H groups in total. The number of carbonyl (C=O) groups is 2. The van der Waals surface area contributed by atoms with E-state index in [1.807, 2.05) is 31.7 Å². The minimum atomic E-state index is -0.553. The van der Waals surface area contributed by atoms with E-state index in [0.29, 0.717) is 54.2 Å². The molecule has 11 heteroatoms. The third-order valence-corrected chi connectivity index (χ3v) is 7.73. The van der Waals surface area contributed by atoms with Crippen LogP contribution in [0.1, 0.15) is 55.6 Å². The van der Waals surface area contributed by atoms with Gasteiger partial charge in [-0.3, -0.25) is 9.59 Å². The highest BCUT2D eigenvalue weighted by atomic mass is 16.5. The lowest BCUT2D eigenvalue weighted by atomic mass is 9.91. The van der Waals surface area contributed by atoms with E-state index in [4.69, 9.17) is 9.72 Å². The van der Waals surface area contributed by atoms with Gasteiger partial charge in [0.05, 0.1) is 36.4 Å². The molecular weight excluding hydrogens is 508 g/mol.